The number of hydrogen-bond donors (Lipinski definition) is 0. The van der Waals surface area contributed by atoms with E-state index >= 15 is 0 Å². The third-order valence-electron chi connectivity index (χ3n) is 3.14. The summed E-state index contributed by atoms with van der Waals surface area (Å²) in [7, 11) is 0. The zero-order chi connectivity index (χ0) is 13.7. The highest BCUT2D eigenvalue weighted by molar-refractivity contribution is 8.00. The Labute approximate surface area is 119 Å². The third-order valence-corrected chi connectivity index (χ3v) is 4.31. The molecule has 0 N–H and O–H groups in total. The second-order valence-electron chi connectivity index (χ2n) is 4.53. The Morgan fingerprint density at radius 2 is 1.74 bits per heavy atom. The van der Waals surface area contributed by atoms with E-state index in [0.717, 1.165) is 12.0 Å². The first-order valence-electron chi connectivity index (χ1n) is 6.51. The van der Waals surface area contributed by atoms with Gasteiger partial charge in [0, 0.05) is 10.5 Å². The van der Waals surface area contributed by atoms with Crippen LogP contribution >= 0.6 is 11.8 Å². The van der Waals surface area contributed by atoms with Gasteiger partial charge in [0.05, 0.1) is 5.75 Å². The lowest BCUT2D eigenvalue weighted by molar-refractivity contribution is 0.102. The number of Topliss-reactive ketones (excluding diaryl/α,β-unsaturated/α-hetero) is 1. The SMILES string of the molecule is CCc1ccc(C(=O)CSc2ccccc2C)cc1. The van der Waals surface area contributed by atoms with Crippen molar-refractivity contribution in [3.63, 3.8) is 0 Å². The van der Waals surface area contributed by atoms with E-state index in [1.54, 1.807) is 11.8 Å². The number of thioether (sulfide) groups is 1. The van der Waals surface area contributed by atoms with Crippen molar-refractivity contribution in [3.8, 4) is 0 Å². The van der Waals surface area contributed by atoms with Crippen molar-refractivity contribution in [3.05, 3.63) is 65.2 Å². The maximum Gasteiger partial charge on any atom is 0.173 e. The van der Waals surface area contributed by atoms with Crippen LogP contribution in [0.1, 0.15) is 28.4 Å². The van der Waals surface area contributed by atoms with E-state index in [-0.39, 0.29) is 5.78 Å². The standard InChI is InChI=1S/C17H18OS/c1-3-14-8-10-15(11-9-14)16(18)12-19-17-7-5-4-6-13(17)2/h4-11H,3,12H2,1-2H3. The molecule has 2 heteroatoms. The topological polar surface area (TPSA) is 17.1 Å². The molecule has 1 nitrogen and oxygen atoms in total. The minimum Gasteiger partial charge on any atom is -0.293 e. The fraction of sp³-hybridized carbons (Fsp3) is 0.235. The van der Waals surface area contributed by atoms with Crippen molar-refractivity contribution in [2.45, 2.75) is 25.2 Å². The Balaban J connectivity index is 1.99. The van der Waals surface area contributed by atoms with Crippen molar-refractivity contribution < 1.29 is 4.79 Å². The van der Waals surface area contributed by atoms with Crippen molar-refractivity contribution in [2.75, 3.05) is 5.75 Å². The number of hydrogen-bond acceptors (Lipinski definition) is 2. The molecule has 0 unspecified atom stereocenters. The number of carbonyl (C=O) groups is 1. The van der Waals surface area contributed by atoms with E-state index in [0.29, 0.717) is 5.75 Å². The normalized spacial score (nSPS) is 10.4. The first-order valence-corrected chi connectivity index (χ1v) is 7.50. The number of rotatable bonds is 5. The molecule has 0 spiro atoms. The second-order valence-corrected chi connectivity index (χ2v) is 5.55. The molecular weight excluding hydrogens is 252 g/mol. The van der Waals surface area contributed by atoms with E-state index in [9.17, 15) is 4.79 Å². The minimum absolute atomic E-state index is 0.191. The summed E-state index contributed by atoms with van der Waals surface area (Å²) in [6, 6.07) is 16.1. The highest BCUT2D eigenvalue weighted by Gasteiger charge is 2.07. The molecule has 0 amide bonds. The lowest BCUT2D eigenvalue weighted by Crippen LogP contribution is -2.02. The summed E-state index contributed by atoms with van der Waals surface area (Å²) in [4.78, 5) is 13.3. The van der Waals surface area contributed by atoms with Crippen molar-refractivity contribution in [1.82, 2.24) is 0 Å². The first-order chi connectivity index (χ1) is 9.20. The highest BCUT2D eigenvalue weighted by atomic mass is 32.2. The molecule has 0 aliphatic heterocycles. The van der Waals surface area contributed by atoms with Gasteiger partial charge in [-0.15, -0.1) is 11.8 Å². The summed E-state index contributed by atoms with van der Waals surface area (Å²) in [6.07, 6.45) is 1.01. The van der Waals surface area contributed by atoms with Crippen LogP contribution in [-0.2, 0) is 6.42 Å². The Morgan fingerprint density at radius 3 is 2.37 bits per heavy atom. The molecule has 0 aliphatic carbocycles. The summed E-state index contributed by atoms with van der Waals surface area (Å²) in [5.41, 5.74) is 3.29. The molecule has 0 atom stereocenters. The highest BCUT2D eigenvalue weighted by Crippen LogP contribution is 2.22. The predicted molar refractivity (Wildman–Crippen MR) is 82.1 cm³/mol. The van der Waals surface area contributed by atoms with Gasteiger partial charge in [0.1, 0.15) is 0 Å². The van der Waals surface area contributed by atoms with Gasteiger partial charge in [-0.05, 0) is 30.5 Å². The van der Waals surface area contributed by atoms with Crippen molar-refractivity contribution in [2.24, 2.45) is 0 Å². The molecule has 0 aliphatic rings. The summed E-state index contributed by atoms with van der Waals surface area (Å²) < 4.78 is 0. The Kier molecular flexibility index (Phi) is 4.80. The molecule has 2 rings (SSSR count). The lowest BCUT2D eigenvalue weighted by Gasteiger charge is -2.05. The van der Waals surface area contributed by atoms with Crippen LogP contribution in [0.15, 0.2) is 53.4 Å². The maximum absolute atomic E-state index is 12.1. The zero-order valence-electron chi connectivity index (χ0n) is 11.3. The second kappa shape index (κ2) is 6.58. The largest absolute Gasteiger partial charge is 0.293 e. The van der Waals surface area contributed by atoms with Crippen LogP contribution in [0.2, 0.25) is 0 Å². The van der Waals surface area contributed by atoms with E-state index in [2.05, 4.69) is 26.0 Å². The van der Waals surface area contributed by atoms with E-state index in [1.165, 1.54) is 16.0 Å². The molecule has 0 bridgehead atoms. The van der Waals surface area contributed by atoms with Gasteiger partial charge in [0.2, 0.25) is 0 Å². The molecule has 0 radical (unpaired) electrons. The van der Waals surface area contributed by atoms with Gasteiger partial charge in [-0.25, -0.2) is 0 Å². The van der Waals surface area contributed by atoms with Crippen LogP contribution in [0.3, 0.4) is 0 Å². The van der Waals surface area contributed by atoms with Crippen molar-refractivity contribution >= 4 is 17.5 Å². The molecule has 19 heavy (non-hydrogen) atoms. The molecule has 0 saturated heterocycles. The fourth-order valence-corrected chi connectivity index (χ4v) is 2.80. The average molecular weight is 270 g/mol. The molecule has 0 fully saturated rings. The quantitative estimate of drug-likeness (QED) is 0.586. The van der Waals surface area contributed by atoms with Crippen molar-refractivity contribution in [1.29, 1.82) is 0 Å². The summed E-state index contributed by atoms with van der Waals surface area (Å²) in [5, 5.41) is 0. The van der Waals surface area contributed by atoms with E-state index in [1.807, 2.05) is 36.4 Å². The molecule has 98 valence electrons. The van der Waals surface area contributed by atoms with Crippen LogP contribution in [0, 0.1) is 6.92 Å². The molecule has 2 aromatic carbocycles. The molecule has 0 heterocycles. The summed E-state index contributed by atoms with van der Waals surface area (Å²) in [5.74, 6) is 0.687. The first kappa shape index (κ1) is 13.9. The minimum atomic E-state index is 0.191. The lowest BCUT2D eigenvalue weighted by atomic mass is 10.1. The number of ketones is 1. The number of carbonyl (C=O) groups excluding carboxylic acids is 1. The summed E-state index contributed by atoms with van der Waals surface area (Å²) in [6.45, 7) is 4.19. The van der Waals surface area contributed by atoms with Gasteiger partial charge in [-0.1, -0.05) is 49.4 Å². The van der Waals surface area contributed by atoms with Gasteiger partial charge < -0.3 is 0 Å². The Hall–Kier alpha value is -1.54. The van der Waals surface area contributed by atoms with Crippen LogP contribution in [0.5, 0.6) is 0 Å². The predicted octanol–water partition coefficient (Wildman–Crippen LogP) is 4.53. The van der Waals surface area contributed by atoms with Crippen LogP contribution in [0.25, 0.3) is 0 Å². The van der Waals surface area contributed by atoms with Crippen LogP contribution in [-0.4, -0.2) is 11.5 Å². The van der Waals surface area contributed by atoms with Crippen LogP contribution in [0.4, 0.5) is 0 Å². The maximum atomic E-state index is 12.1. The molecule has 0 saturated carbocycles. The van der Waals surface area contributed by atoms with Gasteiger partial charge in [-0.3, -0.25) is 4.79 Å². The molecule has 2 aromatic rings. The Morgan fingerprint density at radius 1 is 1.05 bits per heavy atom. The molecular formula is C17H18OS. The number of benzene rings is 2. The van der Waals surface area contributed by atoms with Gasteiger partial charge in [0.15, 0.2) is 5.78 Å². The Bertz CT molecular complexity index is 558. The summed E-state index contributed by atoms with van der Waals surface area (Å²) >= 11 is 1.61. The average Bonchev–Trinajstić information content (AvgIpc) is 2.46. The van der Waals surface area contributed by atoms with Crippen LogP contribution < -0.4 is 0 Å². The van der Waals surface area contributed by atoms with E-state index in [4.69, 9.17) is 0 Å². The van der Waals surface area contributed by atoms with Gasteiger partial charge in [-0.2, -0.15) is 0 Å². The van der Waals surface area contributed by atoms with Gasteiger partial charge >= 0.3 is 0 Å². The molecule has 0 aromatic heterocycles. The van der Waals surface area contributed by atoms with E-state index < -0.39 is 0 Å². The third kappa shape index (κ3) is 3.71. The monoisotopic (exact) mass is 270 g/mol. The zero-order valence-corrected chi connectivity index (χ0v) is 12.2. The van der Waals surface area contributed by atoms with Gasteiger partial charge in [0.25, 0.3) is 0 Å². The fourth-order valence-electron chi connectivity index (χ4n) is 1.87. The number of aryl methyl sites for hydroxylation is 2. The smallest absolute Gasteiger partial charge is 0.173 e.